The van der Waals surface area contributed by atoms with E-state index in [1.165, 1.54) is 36.0 Å². The van der Waals surface area contributed by atoms with Crippen LogP contribution in [0, 0.1) is 17.6 Å². The van der Waals surface area contributed by atoms with Gasteiger partial charge in [0.05, 0.1) is 5.25 Å². The third-order valence-corrected chi connectivity index (χ3v) is 5.20. The van der Waals surface area contributed by atoms with Crippen LogP contribution in [0.2, 0.25) is 0 Å². The van der Waals surface area contributed by atoms with Crippen LogP contribution >= 0.6 is 11.8 Å². The SMILES string of the molecule is CC(C)CNC(=O)C(C)Sc1nnc(-c2ccc(F)cc2)n1-c1ccc(F)cc1. The van der Waals surface area contributed by atoms with Crippen LogP contribution in [-0.2, 0) is 4.79 Å². The Morgan fingerprint density at radius 3 is 2.17 bits per heavy atom. The molecule has 0 spiro atoms. The zero-order valence-electron chi connectivity index (χ0n) is 16.4. The van der Waals surface area contributed by atoms with Crippen molar-refractivity contribution in [2.24, 2.45) is 5.92 Å². The van der Waals surface area contributed by atoms with Crippen LogP contribution in [-0.4, -0.2) is 32.5 Å². The van der Waals surface area contributed by atoms with Crippen molar-refractivity contribution in [3.05, 3.63) is 60.2 Å². The molecule has 0 fully saturated rings. The largest absolute Gasteiger partial charge is 0.355 e. The number of amides is 1. The van der Waals surface area contributed by atoms with E-state index in [0.29, 0.717) is 34.7 Å². The fourth-order valence-electron chi connectivity index (χ4n) is 2.62. The average molecular weight is 416 g/mol. The predicted octanol–water partition coefficient (Wildman–Crippen LogP) is 4.47. The molecule has 5 nitrogen and oxygen atoms in total. The molecule has 152 valence electrons. The summed E-state index contributed by atoms with van der Waals surface area (Å²) in [6.45, 7) is 6.44. The molecule has 0 aliphatic heterocycles. The first-order chi connectivity index (χ1) is 13.8. The number of rotatable bonds is 7. The van der Waals surface area contributed by atoms with Crippen molar-refractivity contribution < 1.29 is 13.6 Å². The Kier molecular flexibility index (Phi) is 6.64. The molecule has 2 aromatic carbocycles. The number of benzene rings is 2. The van der Waals surface area contributed by atoms with Gasteiger partial charge in [0.25, 0.3) is 0 Å². The quantitative estimate of drug-likeness (QED) is 0.578. The number of hydrogen-bond donors (Lipinski definition) is 1. The third-order valence-electron chi connectivity index (χ3n) is 4.16. The second kappa shape index (κ2) is 9.17. The minimum atomic E-state index is -0.404. The molecule has 0 aliphatic rings. The van der Waals surface area contributed by atoms with Gasteiger partial charge in [0, 0.05) is 17.8 Å². The van der Waals surface area contributed by atoms with Gasteiger partial charge in [-0.3, -0.25) is 9.36 Å². The first kappa shape index (κ1) is 21.0. The molecular formula is C21H22F2N4OS. The van der Waals surface area contributed by atoms with Gasteiger partial charge in [-0.05, 0) is 61.4 Å². The second-order valence-corrected chi connectivity index (χ2v) is 8.33. The van der Waals surface area contributed by atoms with Crippen LogP contribution in [0.4, 0.5) is 8.78 Å². The van der Waals surface area contributed by atoms with Crippen molar-refractivity contribution in [2.75, 3.05) is 6.54 Å². The minimum Gasteiger partial charge on any atom is -0.355 e. The lowest BCUT2D eigenvalue weighted by Gasteiger charge is -2.15. The smallest absolute Gasteiger partial charge is 0.233 e. The van der Waals surface area contributed by atoms with Crippen molar-refractivity contribution in [2.45, 2.75) is 31.2 Å². The summed E-state index contributed by atoms with van der Waals surface area (Å²) in [5.74, 6) is 0.0196. The fourth-order valence-corrected chi connectivity index (χ4v) is 3.51. The van der Waals surface area contributed by atoms with Gasteiger partial charge in [-0.15, -0.1) is 10.2 Å². The number of aromatic nitrogens is 3. The monoisotopic (exact) mass is 416 g/mol. The number of nitrogens with one attached hydrogen (secondary N) is 1. The van der Waals surface area contributed by atoms with Gasteiger partial charge in [0.1, 0.15) is 11.6 Å². The Morgan fingerprint density at radius 1 is 1.00 bits per heavy atom. The van der Waals surface area contributed by atoms with E-state index in [9.17, 15) is 13.6 Å². The number of carbonyl (C=O) groups is 1. The molecule has 0 saturated heterocycles. The summed E-state index contributed by atoms with van der Waals surface area (Å²) < 4.78 is 28.5. The molecule has 8 heteroatoms. The lowest BCUT2D eigenvalue weighted by molar-refractivity contribution is -0.120. The number of nitrogens with zero attached hydrogens (tertiary/aromatic N) is 3. The zero-order chi connectivity index (χ0) is 21.0. The van der Waals surface area contributed by atoms with Gasteiger partial charge in [0.15, 0.2) is 11.0 Å². The Labute approximate surface area is 172 Å². The fraction of sp³-hybridized carbons (Fsp3) is 0.286. The molecular weight excluding hydrogens is 394 g/mol. The lowest BCUT2D eigenvalue weighted by atomic mass is 10.2. The highest BCUT2D eigenvalue weighted by molar-refractivity contribution is 8.00. The molecule has 0 bridgehead atoms. The maximum atomic E-state index is 13.4. The molecule has 1 N–H and O–H groups in total. The molecule has 3 rings (SSSR count). The highest BCUT2D eigenvalue weighted by Crippen LogP contribution is 2.30. The van der Waals surface area contributed by atoms with Gasteiger partial charge in [0.2, 0.25) is 5.91 Å². The number of halogens is 2. The maximum Gasteiger partial charge on any atom is 0.233 e. The summed E-state index contributed by atoms with van der Waals surface area (Å²) in [7, 11) is 0. The van der Waals surface area contributed by atoms with Crippen LogP contribution in [0.1, 0.15) is 20.8 Å². The molecule has 29 heavy (non-hydrogen) atoms. The summed E-state index contributed by atoms with van der Waals surface area (Å²) in [6.07, 6.45) is 0. The van der Waals surface area contributed by atoms with Gasteiger partial charge in [-0.25, -0.2) is 8.78 Å². The van der Waals surface area contributed by atoms with E-state index in [1.807, 2.05) is 13.8 Å². The third kappa shape index (κ3) is 5.20. The van der Waals surface area contributed by atoms with Crippen LogP contribution in [0.5, 0.6) is 0 Å². The molecule has 1 atom stereocenters. The summed E-state index contributed by atoms with van der Waals surface area (Å²) >= 11 is 1.26. The first-order valence-electron chi connectivity index (χ1n) is 9.27. The van der Waals surface area contributed by atoms with Crippen molar-refractivity contribution in [3.8, 4) is 17.1 Å². The highest BCUT2D eigenvalue weighted by Gasteiger charge is 2.22. The maximum absolute atomic E-state index is 13.4. The summed E-state index contributed by atoms with van der Waals surface area (Å²) in [5, 5.41) is 11.5. The van der Waals surface area contributed by atoms with Crippen molar-refractivity contribution >= 4 is 17.7 Å². The zero-order valence-corrected chi connectivity index (χ0v) is 17.2. The summed E-state index contributed by atoms with van der Waals surface area (Å²) in [6, 6.07) is 11.8. The molecule has 1 aromatic heterocycles. The normalized spacial score (nSPS) is 12.2. The molecule has 0 aliphatic carbocycles. The van der Waals surface area contributed by atoms with E-state index >= 15 is 0 Å². The Hall–Kier alpha value is -2.74. The van der Waals surface area contributed by atoms with E-state index in [0.717, 1.165) is 0 Å². The molecule has 0 saturated carbocycles. The van der Waals surface area contributed by atoms with Gasteiger partial charge in [-0.1, -0.05) is 25.6 Å². The Morgan fingerprint density at radius 2 is 1.59 bits per heavy atom. The molecule has 3 aromatic rings. The number of thioether (sulfide) groups is 1. The van der Waals surface area contributed by atoms with E-state index < -0.39 is 5.25 Å². The van der Waals surface area contributed by atoms with Gasteiger partial charge in [-0.2, -0.15) is 0 Å². The highest BCUT2D eigenvalue weighted by atomic mass is 32.2. The van der Waals surface area contributed by atoms with Crippen LogP contribution in [0.3, 0.4) is 0 Å². The van der Waals surface area contributed by atoms with Crippen molar-refractivity contribution in [3.63, 3.8) is 0 Å². The van der Waals surface area contributed by atoms with E-state index in [2.05, 4.69) is 15.5 Å². The van der Waals surface area contributed by atoms with Crippen LogP contribution in [0.25, 0.3) is 17.1 Å². The van der Waals surface area contributed by atoms with Gasteiger partial charge < -0.3 is 5.32 Å². The molecule has 1 amide bonds. The molecule has 1 heterocycles. The second-order valence-electron chi connectivity index (χ2n) is 7.02. The van der Waals surface area contributed by atoms with Crippen LogP contribution < -0.4 is 5.32 Å². The Balaban J connectivity index is 1.95. The summed E-state index contributed by atoms with van der Waals surface area (Å²) in [5.41, 5.74) is 1.31. The summed E-state index contributed by atoms with van der Waals surface area (Å²) in [4.78, 5) is 12.4. The van der Waals surface area contributed by atoms with Crippen LogP contribution in [0.15, 0.2) is 53.7 Å². The van der Waals surface area contributed by atoms with Crippen molar-refractivity contribution in [1.29, 1.82) is 0 Å². The van der Waals surface area contributed by atoms with Gasteiger partial charge >= 0.3 is 0 Å². The average Bonchev–Trinajstić information content (AvgIpc) is 3.10. The standard InChI is InChI=1S/C21H22F2N4OS/c1-13(2)12-24-20(28)14(3)29-21-26-25-19(15-4-6-16(22)7-5-15)27(21)18-10-8-17(23)9-11-18/h4-11,13-14H,12H2,1-3H3,(H,24,28). The molecule has 0 radical (unpaired) electrons. The predicted molar refractivity (Wildman–Crippen MR) is 110 cm³/mol. The minimum absolute atomic E-state index is 0.0966. The lowest BCUT2D eigenvalue weighted by Crippen LogP contribution is -2.33. The van der Waals surface area contributed by atoms with E-state index in [1.54, 1.807) is 35.8 Å². The first-order valence-corrected chi connectivity index (χ1v) is 10.1. The molecule has 1 unspecified atom stereocenters. The van der Waals surface area contributed by atoms with E-state index in [-0.39, 0.29) is 17.5 Å². The topological polar surface area (TPSA) is 59.8 Å². The van der Waals surface area contributed by atoms with Crippen molar-refractivity contribution in [1.82, 2.24) is 20.1 Å². The number of carbonyl (C=O) groups excluding carboxylic acids is 1. The Bertz CT molecular complexity index is 971. The number of hydrogen-bond acceptors (Lipinski definition) is 4. The van der Waals surface area contributed by atoms with E-state index in [4.69, 9.17) is 0 Å².